The van der Waals surface area contributed by atoms with Crippen molar-refractivity contribution in [3.63, 3.8) is 0 Å². The number of fused-ring (bicyclic) bond motifs is 1. The number of nitrogens with zero attached hydrogens (tertiary/aromatic N) is 3. The number of aromatic nitrogens is 1. The fourth-order valence-corrected chi connectivity index (χ4v) is 5.79. The van der Waals surface area contributed by atoms with Gasteiger partial charge >= 0.3 is 6.09 Å². The van der Waals surface area contributed by atoms with Crippen LogP contribution < -0.4 is 10.2 Å². The van der Waals surface area contributed by atoms with E-state index in [-0.39, 0.29) is 35.6 Å². The Morgan fingerprint density at radius 1 is 1.32 bits per heavy atom. The first-order chi connectivity index (χ1) is 13.4. The average Bonchev–Trinajstić information content (AvgIpc) is 2.98. The third-order valence-electron chi connectivity index (χ3n) is 6.35. The average molecular weight is 405 g/mol. The van der Waals surface area contributed by atoms with Gasteiger partial charge in [0, 0.05) is 31.5 Å². The number of carbonyl (C=O) groups excluding carboxylic acids is 1. The van der Waals surface area contributed by atoms with Gasteiger partial charge in [-0.05, 0) is 45.0 Å². The van der Waals surface area contributed by atoms with E-state index in [0.717, 1.165) is 34.7 Å². The molecule has 2 saturated heterocycles. The summed E-state index contributed by atoms with van der Waals surface area (Å²) < 4.78 is 20.1. The van der Waals surface area contributed by atoms with Gasteiger partial charge in [0.05, 0.1) is 22.3 Å². The van der Waals surface area contributed by atoms with Gasteiger partial charge in [-0.2, -0.15) is 0 Å². The summed E-state index contributed by atoms with van der Waals surface area (Å²) in [5.41, 5.74) is 1.07. The number of carbonyl (C=O) groups is 1. The predicted octanol–water partition coefficient (Wildman–Crippen LogP) is 3.37. The van der Waals surface area contributed by atoms with Crippen molar-refractivity contribution < 1.29 is 13.9 Å². The molecule has 6 nitrogen and oxygen atoms in total. The van der Waals surface area contributed by atoms with Crippen molar-refractivity contribution in [1.82, 2.24) is 15.2 Å². The number of amides is 1. The van der Waals surface area contributed by atoms with Crippen molar-refractivity contribution in [1.29, 1.82) is 0 Å². The van der Waals surface area contributed by atoms with Crippen LogP contribution in [0.3, 0.4) is 0 Å². The van der Waals surface area contributed by atoms with Crippen LogP contribution in [0.15, 0.2) is 18.2 Å². The van der Waals surface area contributed by atoms with E-state index in [2.05, 4.69) is 15.2 Å². The standard InChI is InChI=1S/C20H25FN4O2S/c1-12-10-24(18-23-16-4-3-14(21)7-17(16)28-18)11-13(2)25(12)19(26)27-15-8-20(9-15)5-6-22-20/h3-4,7,12-13,15,22H,5-6,8-11H2,1-2H3/t12-,13-,15?,20?/m1/s1. The molecule has 1 spiro atoms. The lowest BCUT2D eigenvalue weighted by molar-refractivity contribution is -0.0592. The topological polar surface area (TPSA) is 57.7 Å². The van der Waals surface area contributed by atoms with Crippen LogP contribution in [0.5, 0.6) is 0 Å². The number of rotatable bonds is 2. The first-order valence-corrected chi connectivity index (χ1v) is 10.8. The van der Waals surface area contributed by atoms with E-state index in [9.17, 15) is 9.18 Å². The maximum absolute atomic E-state index is 13.5. The summed E-state index contributed by atoms with van der Waals surface area (Å²) >= 11 is 1.50. The second-order valence-corrected chi connectivity index (χ2v) is 9.50. The highest BCUT2D eigenvalue weighted by Crippen LogP contribution is 2.42. The van der Waals surface area contributed by atoms with E-state index in [1.54, 1.807) is 6.07 Å². The minimum Gasteiger partial charge on any atom is -0.446 e. The smallest absolute Gasteiger partial charge is 0.410 e. The molecule has 3 heterocycles. The molecule has 0 unspecified atom stereocenters. The van der Waals surface area contributed by atoms with Gasteiger partial charge in [0.15, 0.2) is 5.13 Å². The molecule has 0 bridgehead atoms. The molecular formula is C20H25FN4O2S. The van der Waals surface area contributed by atoms with Gasteiger partial charge in [0.25, 0.3) is 0 Å². The quantitative estimate of drug-likeness (QED) is 0.832. The molecule has 8 heteroatoms. The Hall–Kier alpha value is -1.93. The number of hydrogen-bond acceptors (Lipinski definition) is 6. The normalized spacial score (nSPS) is 32.3. The van der Waals surface area contributed by atoms with Crippen LogP contribution in [0.25, 0.3) is 10.2 Å². The summed E-state index contributed by atoms with van der Waals surface area (Å²) in [6.45, 7) is 6.56. The fraction of sp³-hybridized carbons (Fsp3) is 0.600. The molecule has 3 fully saturated rings. The van der Waals surface area contributed by atoms with Crippen molar-refractivity contribution in [3.05, 3.63) is 24.0 Å². The highest BCUT2D eigenvalue weighted by atomic mass is 32.1. The van der Waals surface area contributed by atoms with Crippen LogP contribution >= 0.6 is 11.3 Å². The van der Waals surface area contributed by atoms with Crippen molar-refractivity contribution in [3.8, 4) is 0 Å². The summed E-state index contributed by atoms with van der Waals surface area (Å²) in [6, 6.07) is 4.73. The molecule has 2 aromatic rings. The van der Waals surface area contributed by atoms with Crippen LogP contribution in [-0.4, -0.2) is 59.3 Å². The fourth-order valence-electron chi connectivity index (χ4n) is 4.79. The molecule has 1 aromatic carbocycles. The van der Waals surface area contributed by atoms with Gasteiger partial charge in [-0.1, -0.05) is 11.3 Å². The molecule has 0 radical (unpaired) electrons. The molecule has 2 aliphatic heterocycles. The van der Waals surface area contributed by atoms with Gasteiger partial charge in [-0.25, -0.2) is 14.2 Å². The SMILES string of the molecule is C[C@@H]1CN(c2nc3ccc(F)cc3s2)C[C@@H](C)N1C(=O)OC1CC2(CCN2)C1. The van der Waals surface area contributed by atoms with E-state index >= 15 is 0 Å². The molecule has 5 rings (SSSR count). The molecule has 150 valence electrons. The highest BCUT2D eigenvalue weighted by Gasteiger charge is 2.50. The van der Waals surface area contributed by atoms with Crippen molar-refractivity contribution in [2.45, 2.75) is 56.8 Å². The molecule has 1 amide bonds. The van der Waals surface area contributed by atoms with E-state index in [4.69, 9.17) is 4.74 Å². The number of anilines is 1. The monoisotopic (exact) mass is 404 g/mol. The Morgan fingerprint density at radius 2 is 2.04 bits per heavy atom. The number of ether oxygens (including phenoxy) is 1. The molecule has 3 aliphatic rings. The molecule has 1 saturated carbocycles. The Kier molecular flexibility index (Phi) is 4.24. The second kappa shape index (κ2) is 6.56. The second-order valence-electron chi connectivity index (χ2n) is 8.49. The Morgan fingerprint density at radius 3 is 2.68 bits per heavy atom. The van der Waals surface area contributed by atoms with Crippen LogP contribution in [-0.2, 0) is 4.74 Å². The number of halogens is 1. The van der Waals surface area contributed by atoms with E-state index < -0.39 is 0 Å². The molecule has 1 N–H and O–H groups in total. The zero-order valence-electron chi connectivity index (χ0n) is 16.2. The van der Waals surface area contributed by atoms with E-state index in [1.165, 1.54) is 29.9 Å². The summed E-state index contributed by atoms with van der Waals surface area (Å²) in [7, 11) is 0. The molecule has 2 atom stereocenters. The maximum Gasteiger partial charge on any atom is 0.410 e. The minimum absolute atomic E-state index is 0.0239. The lowest BCUT2D eigenvalue weighted by Crippen LogP contribution is -2.67. The van der Waals surface area contributed by atoms with Crippen LogP contribution in [0.4, 0.5) is 14.3 Å². The number of benzene rings is 1. The van der Waals surface area contributed by atoms with Gasteiger partial charge < -0.3 is 15.0 Å². The van der Waals surface area contributed by atoms with Gasteiger partial charge in [-0.3, -0.25) is 4.90 Å². The molecule has 1 aromatic heterocycles. The van der Waals surface area contributed by atoms with Crippen molar-refractivity contribution in [2.24, 2.45) is 0 Å². The lowest BCUT2D eigenvalue weighted by atomic mass is 9.68. The maximum atomic E-state index is 13.5. The van der Waals surface area contributed by atoms with Crippen molar-refractivity contribution in [2.75, 3.05) is 24.5 Å². The lowest BCUT2D eigenvalue weighted by Gasteiger charge is -2.54. The molecular weight excluding hydrogens is 379 g/mol. The molecule has 28 heavy (non-hydrogen) atoms. The number of thiazole rings is 1. The zero-order valence-corrected chi connectivity index (χ0v) is 17.0. The Balaban J connectivity index is 1.24. The first-order valence-electron chi connectivity index (χ1n) is 9.97. The number of nitrogens with one attached hydrogen (secondary N) is 1. The third-order valence-corrected chi connectivity index (χ3v) is 7.43. The highest BCUT2D eigenvalue weighted by molar-refractivity contribution is 7.22. The van der Waals surface area contributed by atoms with E-state index in [1.807, 2.05) is 18.7 Å². The molecule has 1 aliphatic carbocycles. The Bertz CT molecular complexity index is 895. The van der Waals surface area contributed by atoms with Crippen molar-refractivity contribution >= 4 is 32.8 Å². The van der Waals surface area contributed by atoms with Crippen LogP contribution in [0, 0.1) is 5.82 Å². The zero-order chi connectivity index (χ0) is 19.5. The third kappa shape index (κ3) is 3.03. The van der Waals surface area contributed by atoms with Gasteiger partial charge in [-0.15, -0.1) is 0 Å². The van der Waals surface area contributed by atoms with Gasteiger partial charge in [0.2, 0.25) is 0 Å². The van der Waals surface area contributed by atoms with Crippen LogP contribution in [0.1, 0.15) is 33.1 Å². The Labute approximate surface area is 167 Å². The largest absolute Gasteiger partial charge is 0.446 e. The predicted molar refractivity (Wildman–Crippen MR) is 107 cm³/mol. The number of piperazine rings is 1. The number of hydrogen-bond donors (Lipinski definition) is 1. The van der Waals surface area contributed by atoms with E-state index in [0.29, 0.717) is 13.1 Å². The first kappa shape index (κ1) is 18.1. The summed E-state index contributed by atoms with van der Waals surface area (Å²) in [5, 5.41) is 4.34. The summed E-state index contributed by atoms with van der Waals surface area (Å²) in [6.07, 6.45) is 2.90. The summed E-state index contributed by atoms with van der Waals surface area (Å²) in [5.74, 6) is -0.244. The van der Waals surface area contributed by atoms with Gasteiger partial charge in [0.1, 0.15) is 11.9 Å². The summed E-state index contributed by atoms with van der Waals surface area (Å²) in [4.78, 5) is 21.5. The minimum atomic E-state index is -0.244. The van der Waals surface area contributed by atoms with Crippen LogP contribution in [0.2, 0.25) is 0 Å².